The van der Waals surface area contributed by atoms with Crippen LogP contribution in [-0.2, 0) is 33.8 Å². The minimum atomic E-state index is -0.389. The molecule has 25 heavy (non-hydrogen) atoms. The Bertz CT molecular complexity index is 674. The van der Waals surface area contributed by atoms with Crippen molar-refractivity contribution >= 4 is 11.9 Å². The Kier molecular flexibility index (Phi) is 4.50. The van der Waals surface area contributed by atoms with Crippen molar-refractivity contribution in [1.82, 2.24) is 14.7 Å². The highest BCUT2D eigenvalue weighted by atomic mass is 16.5. The largest absolute Gasteiger partial charge is 0.461 e. The van der Waals surface area contributed by atoms with Gasteiger partial charge in [0.05, 0.1) is 6.61 Å². The van der Waals surface area contributed by atoms with Gasteiger partial charge in [-0.05, 0) is 38.5 Å². The summed E-state index contributed by atoms with van der Waals surface area (Å²) >= 11 is 0. The van der Waals surface area contributed by atoms with Crippen LogP contribution in [0.15, 0.2) is 0 Å². The Morgan fingerprint density at radius 1 is 1.32 bits per heavy atom. The van der Waals surface area contributed by atoms with Crippen molar-refractivity contribution in [3.63, 3.8) is 0 Å². The lowest BCUT2D eigenvalue weighted by Gasteiger charge is -2.29. The molecular formula is C18H25N3O4. The maximum absolute atomic E-state index is 12.7. The van der Waals surface area contributed by atoms with Crippen LogP contribution >= 0.6 is 0 Å². The zero-order valence-electron chi connectivity index (χ0n) is 14.7. The number of amides is 1. The molecule has 0 aromatic carbocycles. The number of hydrogen-bond acceptors (Lipinski definition) is 5. The van der Waals surface area contributed by atoms with Gasteiger partial charge < -0.3 is 14.4 Å². The van der Waals surface area contributed by atoms with Crippen LogP contribution < -0.4 is 0 Å². The lowest BCUT2D eigenvalue weighted by atomic mass is 10.0. The van der Waals surface area contributed by atoms with E-state index in [0.29, 0.717) is 37.9 Å². The Labute approximate surface area is 147 Å². The molecule has 0 unspecified atom stereocenters. The van der Waals surface area contributed by atoms with Gasteiger partial charge in [0, 0.05) is 43.9 Å². The molecule has 4 rings (SSSR count). The van der Waals surface area contributed by atoms with Crippen molar-refractivity contribution in [1.29, 1.82) is 0 Å². The summed E-state index contributed by atoms with van der Waals surface area (Å²) < 4.78 is 12.7. The summed E-state index contributed by atoms with van der Waals surface area (Å²) in [5.74, 6) is 0.318. The molecular weight excluding hydrogens is 322 g/mol. The third-order valence-electron chi connectivity index (χ3n) is 5.25. The molecule has 2 aliphatic heterocycles. The van der Waals surface area contributed by atoms with Gasteiger partial charge in [-0.1, -0.05) is 0 Å². The van der Waals surface area contributed by atoms with E-state index in [0.717, 1.165) is 37.1 Å². The SMILES string of the molecule is CCOC(=O)c1nn(CC2CC2)c2c1CN(C(=O)[C@H]1CCCO1)CC2. The van der Waals surface area contributed by atoms with E-state index in [1.807, 2.05) is 9.58 Å². The van der Waals surface area contributed by atoms with Crippen LogP contribution in [0.4, 0.5) is 0 Å². The number of fused-ring (bicyclic) bond motifs is 1. The first-order valence-corrected chi connectivity index (χ1v) is 9.33. The highest BCUT2D eigenvalue weighted by Crippen LogP contribution is 2.33. The minimum absolute atomic E-state index is 0.0351. The Balaban J connectivity index is 1.58. The first-order valence-electron chi connectivity index (χ1n) is 9.33. The van der Waals surface area contributed by atoms with Gasteiger partial charge in [-0.25, -0.2) is 4.79 Å². The van der Waals surface area contributed by atoms with Gasteiger partial charge in [0.25, 0.3) is 5.91 Å². The molecule has 0 bridgehead atoms. The number of carbonyl (C=O) groups excluding carboxylic acids is 2. The molecule has 1 aliphatic carbocycles. The topological polar surface area (TPSA) is 73.7 Å². The van der Waals surface area contributed by atoms with Crippen LogP contribution in [0.5, 0.6) is 0 Å². The highest BCUT2D eigenvalue weighted by molar-refractivity contribution is 5.90. The van der Waals surface area contributed by atoms with Crippen molar-refractivity contribution < 1.29 is 19.1 Å². The Morgan fingerprint density at radius 3 is 2.84 bits per heavy atom. The molecule has 1 saturated heterocycles. The maximum atomic E-state index is 12.7. The first-order chi connectivity index (χ1) is 12.2. The van der Waals surface area contributed by atoms with E-state index < -0.39 is 0 Å². The van der Waals surface area contributed by atoms with Crippen LogP contribution in [-0.4, -0.2) is 52.4 Å². The van der Waals surface area contributed by atoms with Crippen molar-refractivity contribution in [2.75, 3.05) is 19.8 Å². The normalized spacial score (nSPS) is 22.8. The van der Waals surface area contributed by atoms with Crippen LogP contribution in [0, 0.1) is 5.92 Å². The summed E-state index contributed by atoms with van der Waals surface area (Å²) in [7, 11) is 0. The monoisotopic (exact) mass is 347 g/mol. The maximum Gasteiger partial charge on any atom is 0.359 e. The predicted molar refractivity (Wildman–Crippen MR) is 89.0 cm³/mol. The van der Waals surface area contributed by atoms with Crippen LogP contribution in [0.2, 0.25) is 0 Å². The van der Waals surface area contributed by atoms with Gasteiger partial charge in [-0.2, -0.15) is 5.10 Å². The second kappa shape index (κ2) is 6.78. The predicted octanol–water partition coefficient (Wildman–Crippen LogP) is 1.53. The second-order valence-electron chi connectivity index (χ2n) is 7.13. The number of ether oxygens (including phenoxy) is 2. The molecule has 1 amide bonds. The Morgan fingerprint density at radius 2 is 2.16 bits per heavy atom. The summed E-state index contributed by atoms with van der Waals surface area (Å²) in [6.45, 7) is 4.71. The van der Waals surface area contributed by atoms with Crippen molar-refractivity contribution in [2.45, 2.75) is 58.2 Å². The first kappa shape index (κ1) is 16.6. The zero-order chi connectivity index (χ0) is 17.4. The average Bonchev–Trinajstić information content (AvgIpc) is 3.13. The van der Waals surface area contributed by atoms with Gasteiger partial charge in [0.15, 0.2) is 5.69 Å². The number of carbonyl (C=O) groups is 2. The molecule has 136 valence electrons. The fourth-order valence-electron chi connectivity index (χ4n) is 3.71. The number of hydrogen-bond donors (Lipinski definition) is 0. The standard InChI is InChI=1S/C18H25N3O4/c1-2-24-18(23)16-13-11-20(17(22)15-4-3-9-25-15)8-7-14(13)21(19-16)10-12-5-6-12/h12,15H,2-11H2,1H3/t15-/m1/s1. The van der Waals surface area contributed by atoms with Gasteiger partial charge in [-0.3, -0.25) is 9.48 Å². The van der Waals surface area contributed by atoms with Crippen LogP contribution in [0.3, 0.4) is 0 Å². The number of esters is 1. The van der Waals surface area contributed by atoms with Crippen molar-refractivity contribution in [2.24, 2.45) is 5.92 Å². The fraction of sp³-hybridized carbons (Fsp3) is 0.722. The van der Waals surface area contributed by atoms with E-state index in [-0.39, 0.29) is 18.0 Å². The molecule has 1 saturated carbocycles. The van der Waals surface area contributed by atoms with E-state index in [1.165, 1.54) is 12.8 Å². The molecule has 0 N–H and O–H groups in total. The number of rotatable bonds is 5. The molecule has 7 nitrogen and oxygen atoms in total. The molecule has 0 radical (unpaired) electrons. The molecule has 3 aliphatic rings. The molecule has 1 atom stereocenters. The van der Waals surface area contributed by atoms with Crippen LogP contribution in [0.1, 0.15) is 54.4 Å². The van der Waals surface area contributed by atoms with Gasteiger partial charge in [-0.15, -0.1) is 0 Å². The minimum Gasteiger partial charge on any atom is -0.461 e. The molecule has 1 aromatic rings. The van der Waals surface area contributed by atoms with Crippen LogP contribution in [0.25, 0.3) is 0 Å². The lowest BCUT2D eigenvalue weighted by molar-refractivity contribution is -0.141. The smallest absolute Gasteiger partial charge is 0.359 e. The fourth-order valence-corrected chi connectivity index (χ4v) is 3.71. The third-order valence-corrected chi connectivity index (χ3v) is 5.25. The molecule has 3 heterocycles. The average molecular weight is 347 g/mol. The third kappa shape index (κ3) is 3.29. The number of aromatic nitrogens is 2. The zero-order valence-corrected chi connectivity index (χ0v) is 14.7. The van der Waals surface area contributed by atoms with Gasteiger partial charge >= 0.3 is 5.97 Å². The van der Waals surface area contributed by atoms with Crippen molar-refractivity contribution in [3.8, 4) is 0 Å². The molecule has 0 spiro atoms. The van der Waals surface area contributed by atoms with E-state index >= 15 is 0 Å². The Hall–Kier alpha value is -1.89. The summed E-state index contributed by atoms with van der Waals surface area (Å²) in [6, 6.07) is 0. The molecule has 1 aromatic heterocycles. The summed E-state index contributed by atoms with van der Waals surface area (Å²) in [5, 5.41) is 4.55. The van der Waals surface area contributed by atoms with E-state index in [1.54, 1.807) is 6.92 Å². The second-order valence-corrected chi connectivity index (χ2v) is 7.13. The lowest BCUT2D eigenvalue weighted by Crippen LogP contribution is -2.42. The quantitative estimate of drug-likeness (QED) is 0.755. The summed E-state index contributed by atoms with van der Waals surface area (Å²) in [4.78, 5) is 26.8. The van der Waals surface area contributed by atoms with E-state index in [4.69, 9.17) is 9.47 Å². The van der Waals surface area contributed by atoms with Gasteiger partial charge in [0.2, 0.25) is 0 Å². The van der Waals surface area contributed by atoms with E-state index in [2.05, 4.69) is 5.10 Å². The summed E-state index contributed by atoms with van der Waals surface area (Å²) in [6.07, 6.45) is 4.58. The molecule has 7 heteroatoms. The van der Waals surface area contributed by atoms with Crippen molar-refractivity contribution in [3.05, 3.63) is 17.0 Å². The highest BCUT2D eigenvalue weighted by Gasteiger charge is 2.35. The summed E-state index contributed by atoms with van der Waals surface area (Å²) in [5.41, 5.74) is 2.32. The molecule has 2 fully saturated rings. The van der Waals surface area contributed by atoms with E-state index in [9.17, 15) is 9.59 Å². The van der Waals surface area contributed by atoms with Gasteiger partial charge in [0.1, 0.15) is 6.10 Å². The number of nitrogens with zero attached hydrogens (tertiary/aromatic N) is 3.